The zero-order valence-electron chi connectivity index (χ0n) is 10.5. The Morgan fingerprint density at radius 1 is 1.38 bits per heavy atom. The first kappa shape index (κ1) is 14.3. The molecule has 2 N–H and O–H groups in total. The Kier molecular flexibility index (Phi) is 8.29. The van der Waals surface area contributed by atoms with Gasteiger partial charge in [-0.2, -0.15) is 11.8 Å². The minimum atomic E-state index is -0.197. The van der Waals surface area contributed by atoms with Gasteiger partial charge in [0.1, 0.15) is 0 Å². The van der Waals surface area contributed by atoms with Crippen LogP contribution in [0, 0.1) is 0 Å². The molecule has 0 aliphatic carbocycles. The van der Waals surface area contributed by atoms with Gasteiger partial charge < -0.3 is 15.3 Å². The Labute approximate surface area is 104 Å². The fourth-order valence-corrected chi connectivity index (χ4v) is 2.68. The van der Waals surface area contributed by atoms with E-state index >= 15 is 0 Å². The molecular formula is C12H26N2OS. The van der Waals surface area contributed by atoms with Crippen LogP contribution in [0.15, 0.2) is 0 Å². The number of rotatable bonds is 9. The summed E-state index contributed by atoms with van der Waals surface area (Å²) in [6.07, 6.45) is 3.61. The van der Waals surface area contributed by atoms with Crippen molar-refractivity contribution in [3.8, 4) is 0 Å². The van der Waals surface area contributed by atoms with E-state index in [0.29, 0.717) is 0 Å². The second-order valence-corrected chi connectivity index (χ2v) is 5.81. The van der Waals surface area contributed by atoms with Crippen LogP contribution in [0.5, 0.6) is 0 Å². The van der Waals surface area contributed by atoms with Gasteiger partial charge >= 0.3 is 0 Å². The third-order valence-electron chi connectivity index (χ3n) is 2.89. The lowest BCUT2D eigenvalue weighted by atomic mass is 10.3. The van der Waals surface area contributed by atoms with Crippen molar-refractivity contribution < 1.29 is 5.11 Å². The van der Waals surface area contributed by atoms with Crippen LogP contribution in [0.2, 0.25) is 0 Å². The number of nitrogens with one attached hydrogen (secondary N) is 1. The van der Waals surface area contributed by atoms with Gasteiger partial charge in [-0.1, -0.05) is 6.92 Å². The first-order valence-corrected chi connectivity index (χ1v) is 7.67. The van der Waals surface area contributed by atoms with Gasteiger partial charge in [0.2, 0.25) is 0 Å². The third-order valence-corrected chi connectivity index (χ3v) is 3.88. The SMILES string of the molecule is CCSCCCNCC(O)CN1CCCC1. The average Bonchev–Trinajstić information content (AvgIpc) is 2.76. The molecule has 0 spiro atoms. The van der Waals surface area contributed by atoms with Gasteiger partial charge in [0, 0.05) is 13.1 Å². The summed E-state index contributed by atoms with van der Waals surface area (Å²) in [5.74, 6) is 2.43. The number of β-amino-alcohol motifs (C(OH)–C–C–N with tert-alkyl or cyclic N) is 1. The molecule has 1 rings (SSSR count). The second kappa shape index (κ2) is 9.28. The Morgan fingerprint density at radius 3 is 2.81 bits per heavy atom. The highest BCUT2D eigenvalue weighted by Crippen LogP contribution is 2.07. The van der Waals surface area contributed by atoms with Crippen molar-refractivity contribution in [3.05, 3.63) is 0 Å². The van der Waals surface area contributed by atoms with Crippen molar-refractivity contribution >= 4 is 11.8 Å². The van der Waals surface area contributed by atoms with Crippen molar-refractivity contribution in [3.63, 3.8) is 0 Å². The van der Waals surface area contributed by atoms with Gasteiger partial charge in [0.05, 0.1) is 6.10 Å². The second-order valence-electron chi connectivity index (χ2n) is 4.42. The Morgan fingerprint density at radius 2 is 2.12 bits per heavy atom. The quantitative estimate of drug-likeness (QED) is 0.599. The summed E-state index contributed by atoms with van der Waals surface area (Å²) in [6, 6.07) is 0. The van der Waals surface area contributed by atoms with Crippen molar-refractivity contribution in [2.24, 2.45) is 0 Å². The molecule has 1 aliphatic heterocycles. The van der Waals surface area contributed by atoms with E-state index < -0.39 is 0 Å². The maximum atomic E-state index is 9.80. The fourth-order valence-electron chi connectivity index (χ4n) is 2.04. The molecule has 3 nitrogen and oxygen atoms in total. The lowest BCUT2D eigenvalue weighted by Crippen LogP contribution is -2.37. The molecule has 0 radical (unpaired) electrons. The largest absolute Gasteiger partial charge is 0.390 e. The summed E-state index contributed by atoms with van der Waals surface area (Å²) in [5, 5.41) is 13.1. The van der Waals surface area contributed by atoms with Crippen LogP contribution in [0.4, 0.5) is 0 Å². The maximum Gasteiger partial charge on any atom is 0.0791 e. The topological polar surface area (TPSA) is 35.5 Å². The van der Waals surface area contributed by atoms with E-state index in [9.17, 15) is 5.11 Å². The highest BCUT2D eigenvalue weighted by atomic mass is 32.2. The number of aliphatic hydroxyl groups excluding tert-OH is 1. The molecule has 0 amide bonds. The Bertz CT molecular complexity index is 163. The highest BCUT2D eigenvalue weighted by Gasteiger charge is 2.14. The monoisotopic (exact) mass is 246 g/mol. The number of hydrogen-bond donors (Lipinski definition) is 2. The third kappa shape index (κ3) is 6.74. The van der Waals surface area contributed by atoms with Crippen LogP contribution in [-0.4, -0.2) is 60.3 Å². The minimum Gasteiger partial charge on any atom is -0.390 e. The van der Waals surface area contributed by atoms with E-state index in [-0.39, 0.29) is 6.10 Å². The first-order chi connectivity index (χ1) is 7.83. The molecule has 1 atom stereocenters. The van der Waals surface area contributed by atoms with Gasteiger partial charge in [0.15, 0.2) is 0 Å². The summed E-state index contributed by atoms with van der Waals surface area (Å²) in [4.78, 5) is 2.36. The maximum absolute atomic E-state index is 9.80. The molecule has 0 aromatic rings. The highest BCUT2D eigenvalue weighted by molar-refractivity contribution is 7.99. The molecule has 0 bridgehead atoms. The molecule has 1 aliphatic rings. The van der Waals surface area contributed by atoms with E-state index in [4.69, 9.17) is 0 Å². The molecule has 1 unspecified atom stereocenters. The number of likely N-dealkylation sites (tertiary alicyclic amines) is 1. The van der Waals surface area contributed by atoms with Crippen LogP contribution in [-0.2, 0) is 0 Å². The average molecular weight is 246 g/mol. The molecule has 0 saturated carbocycles. The predicted octanol–water partition coefficient (Wildman–Crippen LogP) is 1.18. The zero-order chi connectivity index (χ0) is 11.6. The molecule has 0 aromatic carbocycles. The normalized spacial score (nSPS) is 19.1. The summed E-state index contributed by atoms with van der Waals surface area (Å²) < 4.78 is 0. The predicted molar refractivity (Wildman–Crippen MR) is 72.2 cm³/mol. The summed E-state index contributed by atoms with van der Waals surface area (Å²) in [7, 11) is 0. The number of nitrogens with zero attached hydrogens (tertiary/aromatic N) is 1. The smallest absolute Gasteiger partial charge is 0.0791 e. The van der Waals surface area contributed by atoms with Gasteiger partial charge in [-0.05, 0) is 50.4 Å². The lowest BCUT2D eigenvalue weighted by molar-refractivity contribution is 0.124. The van der Waals surface area contributed by atoms with Crippen molar-refractivity contribution in [2.75, 3.05) is 44.2 Å². The Balaban J connectivity index is 1.87. The van der Waals surface area contributed by atoms with Gasteiger partial charge in [0.25, 0.3) is 0 Å². The summed E-state index contributed by atoms with van der Waals surface area (Å²) in [6.45, 7) is 7.15. The molecule has 1 fully saturated rings. The van der Waals surface area contributed by atoms with E-state index in [2.05, 4.69) is 17.1 Å². The Hall–Kier alpha value is 0.230. The van der Waals surface area contributed by atoms with Crippen LogP contribution in [0.3, 0.4) is 0 Å². The van der Waals surface area contributed by atoms with E-state index in [0.717, 1.165) is 19.6 Å². The van der Waals surface area contributed by atoms with Crippen molar-refractivity contribution in [1.29, 1.82) is 0 Å². The molecule has 0 aromatic heterocycles. The molecule has 1 heterocycles. The first-order valence-electron chi connectivity index (χ1n) is 6.51. The van der Waals surface area contributed by atoms with Crippen molar-refractivity contribution in [1.82, 2.24) is 10.2 Å². The zero-order valence-corrected chi connectivity index (χ0v) is 11.3. The van der Waals surface area contributed by atoms with E-state index in [1.54, 1.807) is 0 Å². The number of thioether (sulfide) groups is 1. The van der Waals surface area contributed by atoms with Crippen LogP contribution in [0.25, 0.3) is 0 Å². The molecule has 16 heavy (non-hydrogen) atoms. The van der Waals surface area contributed by atoms with Crippen LogP contribution in [0.1, 0.15) is 26.2 Å². The molecule has 96 valence electrons. The van der Waals surface area contributed by atoms with E-state index in [1.807, 2.05) is 11.8 Å². The minimum absolute atomic E-state index is 0.197. The molecular weight excluding hydrogens is 220 g/mol. The van der Waals surface area contributed by atoms with Crippen LogP contribution < -0.4 is 5.32 Å². The van der Waals surface area contributed by atoms with Gasteiger partial charge in [-0.25, -0.2) is 0 Å². The molecule has 4 heteroatoms. The van der Waals surface area contributed by atoms with Gasteiger partial charge in [-0.15, -0.1) is 0 Å². The number of hydrogen-bond acceptors (Lipinski definition) is 4. The standard InChI is InChI=1S/C12H26N2OS/c1-2-16-9-5-6-13-10-12(15)11-14-7-3-4-8-14/h12-13,15H,2-11H2,1H3. The van der Waals surface area contributed by atoms with Crippen molar-refractivity contribution in [2.45, 2.75) is 32.3 Å². The van der Waals surface area contributed by atoms with Gasteiger partial charge in [-0.3, -0.25) is 0 Å². The molecule has 1 saturated heterocycles. The van der Waals surface area contributed by atoms with Crippen LogP contribution >= 0.6 is 11.8 Å². The lowest BCUT2D eigenvalue weighted by Gasteiger charge is -2.19. The summed E-state index contributed by atoms with van der Waals surface area (Å²) in [5.41, 5.74) is 0. The fraction of sp³-hybridized carbons (Fsp3) is 1.00. The van der Waals surface area contributed by atoms with E-state index in [1.165, 1.54) is 43.9 Å². The summed E-state index contributed by atoms with van der Waals surface area (Å²) >= 11 is 1.98. The number of aliphatic hydroxyl groups is 1.